The van der Waals surface area contributed by atoms with Gasteiger partial charge in [-0.1, -0.05) is 0 Å². The van der Waals surface area contributed by atoms with Gasteiger partial charge in [-0.3, -0.25) is 10.1 Å². The molecule has 1 aromatic carbocycles. The van der Waals surface area contributed by atoms with E-state index in [4.69, 9.17) is 4.74 Å². The van der Waals surface area contributed by atoms with E-state index in [1.165, 1.54) is 12.1 Å². The van der Waals surface area contributed by atoms with Gasteiger partial charge in [-0.15, -0.1) is 0 Å². The molecule has 0 atom stereocenters. The van der Waals surface area contributed by atoms with Crippen LogP contribution in [0.3, 0.4) is 0 Å². The van der Waals surface area contributed by atoms with E-state index in [1.54, 1.807) is 12.1 Å². The Bertz CT molecular complexity index is 394. The summed E-state index contributed by atoms with van der Waals surface area (Å²) in [4.78, 5) is 21.0. The second kappa shape index (κ2) is 6.74. The summed E-state index contributed by atoms with van der Waals surface area (Å²) in [5.41, 5.74) is 0.699. The maximum atomic E-state index is 11.1. The Hall–Kier alpha value is -1.76. The Morgan fingerprint density at radius 2 is 2.06 bits per heavy atom. The third-order valence-electron chi connectivity index (χ3n) is 1.90. The standard InChI is InChI=1S/C10H12N2O4S/c13-10(11-5-6-17)16-7-8-1-3-9(4-2-8)12(14)15/h1-4,17H,5-7H2,(H,11,13). The number of non-ortho nitro benzene ring substituents is 1. The number of rotatable bonds is 5. The third kappa shape index (κ3) is 4.73. The zero-order chi connectivity index (χ0) is 12.7. The minimum Gasteiger partial charge on any atom is -0.445 e. The predicted molar refractivity (Wildman–Crippen MR) is 65.1 cm³/mol. The van der Waals surface area contributed by atoms with Crippen LogP contribution in [0.2, 0.25) is 0 Å². The molecule has 0 bridgehead atoms. The first-order chi connectivity index (χ1) is 8.13. The van der Waals surface area contributed by atoms with Crippen LogP contribution in [0.5, 0.6) is 0 Å². The highest BCUT2D eigenvalue weighted by Gasteiger charge is 2.05. The molecular formula is C10H12N2O4S. The lowest BCUT2D eigenvalue weighted by Gasteiger charge is -2.05. The molecule has 0 aliphatic rings. The number of carbonyl (C=O) groups is 1. The SMILES string of the molecule is O=C(NCCS)OCc1ccc([N+](=O)[O-])cc1. The molecule has 7 heteroatoms. The molecule has 1 aromatic rings. The summed E-state index contributed by atoms with van der Waals surface area (Å²) in [7, 11) is 0. The second-order valence-electron chi connectivity index (χ2n) is 3.15. The van der Waals surface area contributed by atoms with Crippen LogP contribution in [0.1, 0.15) is 5.56 Å². The van der Waals surface area contributed by atoms with E-state index in [0.717, 1.165) is 0 Å². The van der Waals surface area contributed by atoms with Gasteiger partial charge in [-0.2, -0.15) is 12.6 Å². The van der Waals surface area contributed by atoms with Crippen molar-refractivity contribution in [3.05, 3.63) is 39.9 Å². The van der Waals surface area contributed by atoms with E-state index in [0.29, 0.717) is 17.9 Å². The molecule has 0 saturated heterocycles. The fraction of sp³-hybridized carbons (Fsp3) is 0.300. The first-order valence-electron chi connectivity index (χ1n) is 4.88. The van der Waals surface area contributed by atoms with E-state index in [2.05, 4.69) is 17.9 Å². The number of carbonyl (C=O) groups excluding carboxylic acids is 1. The number of thiol groups is 1. The van der Waals surface area contributed by atoms with Gasteiger partial charge in [-0.25, -0.2) is 4.79 Å². The molecular weight excluding hydrogens is 244 g/mol. The Labute approximate surface area is 104 Å². The van der Waals surface area contributed by atoms with Gasteiger partial charge >= 0.3 is 6.09 Å². The van der Waals surface area contributed by atoms with Gasteiger partial charge in [-0.05, 0) is 17.7 Å². The molecule has 92 valence electrons. The number of ether oxygens (including phenoxy) is 1. The van der Waals surface area contributed by atoms with Crippen molar-refractivity contribution in [3.63, 3.8) is 0 Å². The van der Waals surface area contributed by atoms with Crippen LogP contribution in [0.15, 0.2) is 24.3 Å². The van der Waals surface area contributed by atoms with E-state index >= 15 is 0 Å². The summed E-state index contributed by atoms with van der Waals surface area (Å²) in [6.07, 6.45) is -0.530. The molecule has 0 spiro atoms. The van der Waals surface area contributed by atoms with Crippen LogP contribution < -0.4 is 5.32 Å². The third-order valence-corrected chi connectivity index (χ3v) is 2.12. The summed E-state index contributed by atoms with van der Waals surface area (Å²) in [6.45, 7) is 0.513. The van der Waals surface area contributed by atoms with Crippen LogP contribution in [-0.2, 0) is 11.3 Å². The molecule has 0 radical (unpaired) electrons. The Morgan fingerprint density at radius 1 is 1.41 bits per heavy atom. The van der Waals surface area contributed by atoms with E-state index in [-0.39, 0.29) is 12.3 Å². The van der Waals surface area contributed by atoms with Crippen molar-refractivity contribution in [1.82, 2.24) is 5.32 Å². The zero-order valence-corrected chi connectivity index (χ0v) is 9.85. The topological polar surface area (TPSA) is 81.5 Å². The first-order valence-corrected chi connectivity index (χ1v) is 5.51. The molecule has 6 nitrogen and oxygen atoms in total. The van der Waals surface area contributed by atoms with E-state index < -0.39 is 11.0 Å². The average molecular weight is 256 g/mol. The first kappa shape index (κ1) is 13.3. The molecule has 0 aliphatic carbocycles. The van der Waals surface area contributed by atoms with Crippen LogP contribution >= 0.6 is 12.6 Å². The molecule has 1 N–H and O–H groups in total. The van der Waals surface area contributed by atoms with Gasteiger partial charge < -0.3 is 10.1 Å². The Balaban J connectivity index is 2.42. The van der Waals surface area contributed by atoms with Gasteiger partial charge in [0.2, 0.25) is 0 Å². The monoisotopic (exact) mass is 256 g/mol. The number of nitrogens with one attached hydrogen (secondary N) is 1. The number of nitro groups is 1. The van der Waals surface area contributed by atoms with Crippen molar-refractivity contribution in [2.24, 2.45) is 0 Å². The molecule has 0 heterocycles. The van der Waals surface area contributed by atoms with Crippen molar-refractivity contribution in [2.75, 3.05) is 12.3 Å². The number of amides is 1. The van der Waals surface area contributed by atoms with Crippen LogP contribution in [-0.4, -0.2) is 23.3 Å². The predicted octanol–water partition coefficient (Wildman–Crippen LogP) is 1.75. The van der Waals surface area contributed by atoms with Gasteiger partial charge in [0.25, 0.3) is 5.69 Å². The normalized spacial score (nSPS) is 9.71. The van der Waals surface area contributed by atoms with Crippen molar-refractivity contribution in [2.45, 2.75) is 6.61 Å². The number of benzene rings is 1. The minimum absolute atomic E-state index is 0.00766. The second-order valence-corrected chi connectivity index (χ2v) is 3.60. The number of hydrogen-bond donors (Lipinski definition) is 2. The molecule has 1 amide bonds. The quantitative estimate of drug-likeness (QED) is 0.477. The van der Waals surface area contributed by atoms with Crippen molar-refractivity contribution < 1.29 is 14.5 Å². The summed E-state index contributed by atoms with van der Waals surface area (Å²) in [6, 6.07) is 5.82. The minimum atomic E-state index is -0.530. The Kier molecular flexibility index (Phi) is 5.28. The summed E-state index contributed by atoms with van der Waals surface area (Å²) < 4.78 is 4.88. The van der Waals surface area contributed by atoms with Crippen LogP contribution in [0, 0.1) is 10.1 Å². The van der Waals surface area contributed by atoms with Crippen LogP contribution in [0.25, 0.3) is 0 Å². The molecule has 0 fully saturated rings. The van der Waals surface area contributed by atoms with E-state index in [9.17, 15) is 14.9 Å². The molecule has 17 heavy (non-hydrogen) atoms. The van der Waals surface area contributed by atoms with Gasteiger partial charge in [0.05, 0.1) is 4.92 Å². The smallest absolute Gasteiger partial charge is 0.407 e. The largest absolute Gasteiger partial charge is 0.445 e. The van der Waals surface area contributed by atoms with Gasteiger partial charge in [0.15, 0.2) is 0 Å². The van der Waals surface area contributed by atoms with Crippen LogP contribution in [0.4, 0.5) is 10.5 Å². The van der Waals surface area contributed by atoms with Crippen molar-refractivity contribution in [1.29, 1.82) is 0 Å². The highest BCUT2D eigenvalue weighted by Crippen LogP contribution is 2.12. The van der Waals surface area contributed by atoms with Gasteiger partial charge in [0.1, 0.15) is 6.61 Å². The van der Waals surface area contributed by atoms with Crippen molar-refractivity contribution in [3.8, 4) is 0 Å². The van der Waals surface area contributed by atoms with Gasteiger partial charge in [0, 0.05) is 24.4 Å². The number of alkyl carbamates (subject to hydrolysis) is 1. The average Bonchev–Trinajstić information content (AvgIpc) is 2.34. The number of hydrogen-bond acceptors (Lipinski definition) is 5. The number of nitrogens with zero attached hydrogens (tertiary/aromatic N) is 1. The maximum absolute atomic E-state index is 11.1. The number of nitro benzene ring substituents is 1. The lowest BCUT2D eigenvalue weighted by molar-refractivity contribution is -0.384. The molecule has 0 aromatic heterocycles. The fourth-order valence-corrected chi connectivity index (χ4v) is 1.18. The lowest BCUT2D eigenvalue weighted by Crippen LogP contribution is -2.25. The highest BCUT2D eigenvalue weighted by molar-refractivity contribution is 7.80. The molecule has 0 saturated carbocycles. The summed E-state index contributed by atoms with van der Waals surface area (Å²) >= 11 is 3.93. The maximum Gasteiger partial charge on any atom is 0.407 e. The van der Waals surface area contributed by atoms with Crippen molar-refractivity contribution >= 4 is 24.4 Å². The highest BCUT2D eigenvalue weighted by atomic mass is 32.1. The van der Waals surface area contributed by atoms with E-state index in [1.807, 2.05) is 0 Å². The molecule has 1 rings (SSSR count). The lowest BCUT2D eigenvalue weighted by atomic mass is 10.2. The summed E-state index contributed by atoms with van der Waals surface area (Å²) in [5, 5.41) is 12.9. The zero-order valence-electron chi connectivity index (χ0n) is 8.96. The molecule has 0 aliphatic heterocycles. The Morgan fingerprint density at radius 3 is 2.59 bits per heavy atom. The summed E-state index contributed by atoms with van der Waals surface area (Å²) in [5.74, 6) is 0.534. The molecule has 0 unspecified atom stereocenters. The fourth-order valence-electron chi connectivity index (χ4n) is 1.07.